The highest BCUT2D eigenvalue weighted by molar-refractivity contribution is 4.76. The third-order valence-corrected chi connectivity index (χ3v) is 1.54. The number of tetrazole rings is 1. The maximum Gasteiger partial charge on any atom is 0.455 e. The van der Waals surface area contributed by atoms with Gasteiger partial charge in [0.1, 0.15) is 6.54 Å². The van der Waals surface area contributed by atoms with Gasteiger partial charge in [-0.15, -0.1) is 0 Å². The van der Waals surface area contributed by atoms with Crippen LogP contribution in [-0.4, -0.2) is 31.9 Å². The molecule has 1 heterocycles. The Morgan fingerprint density at radius 3 is 2.07 bits per heavy atom. The third-order valence-electron chi connectivity index (χ3n) is 1.54. The topological polar surface area (TPSA) is 52.7 Å². The summed E-state index contributed by atoms with van der Waals surface area (Å²) in [6, 6.07) is 0. The van der Waals surface area contributed by atoms with E-state index in [1.54, 1.807) is 0 Å². The summed E-state index contributed by atoms with van der Waals surface area (Å²) in [7, 11) is 1.08. The first kappa shape index (κ1) is 11.6. The average molecular weight is 232 g/mol. The Bertz CT molecular complexity index is 404. The van der Waals surface area contributed by atoms with Gasteiger partial charge in [0, 0.05) is 7.05 Å². The molecule has 0 N–H and O–H groups in total. The van der Waals surface area contributed by atoms with Crippen LogP contribution in [0.15, 0.2) is 4.79 Å². The van der Waals surface area contributed by atoms with E-state index < -0.39 is 24.3 Å². The zero-order chi connectivity index (χ0) is 11.9. The molecule has 0 aliphatic carbocycles. The van der Waals surface area contributed by atoms with E-state index in [-0.39, 0.29) is 4.68 Å². The van der Waals surface area contributed by atoms with Crippen molar-refractivity contribution in [1.82, 2.24) is 19.8 Å². The van der Waals surface area contributed by atoms with Crippen LogP contribution >= 0.6 is 0 Å². The van der Waals surface area contributed by atoms with E-state index in [9.17, 15) is 26.7 Å². The Morgan fingerprint density at radius 2 is 1.73 bits per heavy atom. The fourth-order valence-electron chi connectivity index (χ4n) is 0.729. The molecule has 0 unspecified atom stereocenters. The highest BCUT2D eigenvalue weighted by Gasteiger charge is 2.58. The summed E-state index contributed by atoms with van der Waals surface area (Å²) < 4.78 is 60.6. The largest absolute Gasteiger partial charge is 0.455 e. The number of aromatic nitrogens is 4. The van der Waals surface area contributed by atoms with Crippen molar-refractivity contribution in [2.75, 3.05) is 0 Å². The van der Waals surface area contributed by atoms with Crippen molar-refractivity contribution in [3.8, 4) is 0 Å². The minimum atomic E-state index is -5.72. The van der Waals surface area contributed by atoms with Crippen molar-refractivity contribution in [2.45, 2.75) is 18.6 Å². The Morgan fingerprint density at radius 1 is 1.20 bits per heavy atom. The third kappa shape index (κ3) is 2.13. The van der Waals surface area contributed by atoms with Gasteiger partial charge in [-0.05, 0) is 10.4 Å². The number of hydrogen-bond donors (Lipinski definition) is 0. The molecule has 1 rings (SSSR count). The van der Waals surface area contributed by atoms with Gasteiger partial charge in [-0.3, -0.25) is 0 Å². The van der Waals surface area contributed by atoms with Crippen LogP contribution in [0.3, 0.4) is 0 Å². The van der Waals surface area contributed by atoms with Gasteiger partial charge in [-0.2, -0.15) is 31.3 Å². The van der Waals surface area contributed by atoms with E-state index in [0.29, 0.717) is 4.68 Å². The van der Waals surface area contributed by atoms with Gasteiger partial charge in [-0.1, -0.05) is 0 Å². The fraction of sp³-hybridized carbons (Fsp3) is 0.800. The van der Waals surface area contributed by atoms with Gasteiger partial charge in [0.05, 0.1) is 0 Å². The number of rotatable bonds is 2. The molecule has 0 fully saturated rings. The zero-order valence-corrected chi connectivity index (χ0v) is 7.29. The predicted octanol–water partition coefficient (Wildman–Crippen LogP) is 0.174. The maximum absolute atomic E-state index is 12.4. The lowest BCUT2D eigenvalue weighted by Crippen LogP contribution is -2.43. The van der Waals surface area contributed by atoms with E-state index in [2.05, 4.69) is 10.4 Å². The SMILES string of the molecule is Cn1nnn(CC(F)(F)C(F)(F)F)c1=O. The highest BCUT2D eigenvalue weighted by atomic mass is 19.4. The van der Waals surface area contributed by atoms with Gasteiger partial charge in [0.15, 0.2) is 0 Å². The lowest BCUT2D eigenvalue weighted by Gasteiger charge is -2.18. The summed E-state index contributed by atoms with van der Waals surface area (Å²) in [6.07, 6.45) is -5.72. The second-order valence-electron chi connectivity index (χ2n) is 2.74. The molecule has 0 aliphatic rings. The first-order valence-corrected chi connectivity index (χ1v) is 3.56. The van der Waals surface area contributed by atoms with Gasteiger partial charge >= 0.3 is 17.8 Å². The number of hydrogen-bond acceptors (Lipinski definition) is 3. The summed E-state index contributed by atoms with van der Waals surface area (Å²) in [5.41, 5.74) is -1.14. The monoisotopic (exact) mass is 232 g/mol. The second kappa shape index (κ2) is 3.28. The Labute approximate surface area is 79.1 Å². The van der Waals surface area contributed by atoms with Gasteiger partial charge in [0.2, 0.25) is 0 Å². The predicted molar refractivity (Wildman–Crippen MR) is 36.3 cm³/mol. The summed E-state index contributed by atoms with van der Waals surface area (Å²) in [6.45, 7) is -1.87. The second-order valence-corrected chi connectivity index (χ2v) is 2.74. The molecule has 5 nitrogen and oxygen atoms in total. The standard InChI is InChI=1S/C5H5F5N4O/c1-13-3(15)14(12-11-13)2-4(6,7)5(8,9)10/h2H2,1H3. The van der Waals surface area contributed by atoms with Crippen LogP contribution in [0.2, 0.25) is 0 Å². The van der Waals surface area contributed by atoms with Crippen LogP contribution in [0.4, 0.5) is 22.0 Å². The first-order valence-electron chi connectivity index (χ1n) is 3.56. The van der Waals surface area contributed by atoms with Crippen LogP contribution in [-0.2, 0) is 13.6 Å². The molecular formula is C5H5F5N4O. The van der Waals surface area contributed by atoms with Gasteiger partial charge in [-0.25, -0.2) is 4.79 Å². The average Bonchev–Trinajstić information content (AvgIpc) is 2.33. The maximum atomic E-state index is 12.4. The van der Waals surface area contributed by atoms with Crippen molar-refractivity contribution in [3.05, 3.63) is 10.5 Å². The molecule has 0 bridgehead atoms. The zero-order valence-electron chi connectivity index (χ0n) is 7.29. The Balaban J connectivity index is 2.97. The minimum absolute atomic E-state index is 0.0481. The van der Waals surface area contributed by atoms with Gasteiger partial charge < -0.3 is 0 Å². The van der Waals surface area contributed by atoms with Gasteiger partial charge in [0.25, 0.3) is 0 Å². The molecule has 0 atom stereocenters. The number of aryl methyl sites for hydroxylation is 1. The molecule has 0 aliphatic heterocycles. The highest BCUT2D eigenvalue weighted by Crippen LogP contribution is 2.36. The van der Waals surface area contributed by atoms with E-state index in [1.807, 2.05) is 0 Å². The minimum Gasteiger partial charge on any atom is -0.244 e. The molecule has 0 saturated carbocycles. The molecule has 86 valence electrons. The van der Waals surface area contributed by atoms with Crippen molar-refractivity contribution < 1.29 is 22.0 Å². The first-order chi connectivity index (χ1) is 6.65. The molecule has 1 aromatic heterocycles. The Hall–Kier alpha value is -1.48. The van der Waals surface area contributed by atoms with E-state index >= 15 is 0 Å². The summed E-state index contributed by atoms with van der Waals surface area (Å²) >= 11 is 0. The molecule has 0 amide bonds. The molecule has 15 heavy (non-hydrogen) atoms. The molecule has 0 spiro atoms. The smallest absolute Gasteiger partial charge is 0.244 e. The van der Waals surface area contributed by atoms with E-state index in [1.165, 1.54) is 0 Å². The Kier molecular flexibility index (Phi) is 2.53. The van der Waals surface area contributed by atoms with E-state index in [4.69, 9.17) is 0 Å². The van der Waals surface area contributed by atoms with Crippen molar-refractivity contribution in [2.24, 2.45) is 7.05 Å². The quantitative estimate of drug-likeness (QED) is 0.683. The lowest BCUT2D eigenvalue weighted by molar-refractivity contribution is -0.287. The molecule has 10 heteroatoms. The van der Waals surface area contributed by atoms with Crippen LogP contribution in [0, 0.1) is 0 Å². The fourth-order valence-corrected chi connectivity index (χ4v) is 0.729. The van der Waals surface area contributed by atoms with E-state index in [0.717, 1.165) is 7.05 Å². The lowest BCUT2D eigenvalue weighted by atomic mass is 10.3. The molecule has 0 radical (unpaired) electrons. The van der Waals surface area contributed by atoms with Crippen molar-refractivity contribution in [3.63, 3.8) is 0 Å². The van der Waals surface area contributed by atoms with Crippen LogP contribution in [0.1, 0.15) is 0 Å². The van der Waals surface area contributed by atoms with Crippen LogP contribution in [0.5, 0.6) is 0 Å². The normalized spacial score (nSPS) is 13.2. The summed E-state index contributed by atoms with van der Waals surface area (Å²) in [5, 5.41) is 5.85. The number of halogens is 5. The van der Waals surface area contributed by atoms with Crippen LogP contribution in [0.25, 0.3) is 0 Å². The van der Waals surface area contributed by atoms with Crippen LogP contribution < -0.4 is 5.69 Å². The summed E-state index contributed by atoms with van der Waals surface area (Å²) in [5.74, 6) is -5.01. The summed E-state index contributed by atoms with van der Waals surface area (Å²) in [4.78, 5) is 10.9. The number of nitrogens with zero attached hydrogens (tertiary/aromatic N) is 4. The molecule has 1 aromatic rings. The van der Waals surface area contributed by atoms with Crippen molar-refractivity contribution >= 4 is 0 Å². The molecule has 0 saturated heterocycles. The molecule has 0 aromatic carbocycles. The number of alkyl halides is 5. The molecular weight excluding hydrogens is 227 g/mol. The van der Waals surface area contributed by atoms with Crippen molar-refractivity contribution in [1.29, 1.82) is 0 Å².